The van der Waals surface area contributed by atoms with Gasteiger partial charge in [-0.15, -0.1) is 0 Å². The molecule has 0 aliphatic heterocycles. The van der Waals surface area contributed by atoms with E-state index in [9.17, 15) is 4.39 Å². The average molecular weight is 357 g/mol. The number of nitrogens with one attached hydrogen (secondary N) is 1. The molecule has 0 amide bonds. The second kappa shape index (κ2) is 6.25. The third kappa shape index (κ3) is 3.60. The van der Waals surface area contributed by atoms with Gasteiger partial charge in [-0.25, -0.2) is 4.39 Å². The van der Waals surface area contributed by atoms with Crippen molar-refractivity contribution in [2.24, 2.45) is 0 Å². The van der Waals surface area contributed by atoms with E-state index in [0.29, 0.717) is 12.1 Å². The minimum Gasteiger partial charge on any atom is -0.304 e. The van der Waals surface area contributed by atoms with Crippen molar-refractivity contribution in [3.8, 4) is 0 Å². The van der Waals surface area contributed by atoms with Crippen molar-refractivity contribution in [3.63, 3.8) is 0 Å². The molecule has 0 aromatic heterocycles. The zero-order chi connectivity index (χ0) is 14.8. The number of benzene rings is 2. The molecule has 106 valence electrons. The van der Waals surface area contributed by atoms with Gasteiger partial charge in [0.25, 0.3) is 0 Å². The summed E-state index contributed by atoms with van der Waals surface area (Å²) in [6.07, 6.45) is 0. The Morgan fingerprint density at radius 1 is 1.15 bits per heavy atom. The van der Waals surface area contributed by atoms with Crippen LogP contribution in [-0.2, 0) is 12.1 Å². The molecule has 0 bridgehead atoms. The molecule has 0 atom stereocenters. The summed E-state index contributed by atoms with van der Waals surface area (Å²) in [6, 6.07) is 13.1. The molecule has 0 saturated heterocycles. The first-order valence-corrected chi connectivity index (χ1v) is 7.51. The van der Waals surface area contributed by atoms with E-state index in [1.807, 2.05) is 24.3 Å². The van der Waals surface area contributed by atoms with Crippen LogP contribution in [0, 0.1) is 5.82 Å². The van der Waals surface area contributed by atoms with E-state index in [4.69, 9.17) is 11.6 Å². The van der Waals surface area contributed by atoms with Crippen LogP contribution in [0.25, 0.3) is 0 Å². The van der Waals surface area contributed by atoms with Gasteiger partial charge in [0.15, 0.2) is 0 Å². The van der Waals surface area contributed by atoms with Crippen LogP contribution in [0.5, 0.6) is 0 Å². The molecule has 0 saturated carbocycles. The van der Waals surface area contributed by atoms with Crippen LogP contribution in [0.2, 0.25) is 5.02 Å². The number of halogens is 3. The normalized spacial score (nSPS) is 11.7. The maximum absolute atomic E-state index is 13.9. The largest absolute Gasteiger partial charge is 0.304 e. The smallest absolute Gasteiger partial charge is 0.146 e. The summed E-state index contributed by atoms with van der Waals surface area (Å²) in [5.41, 5.74) is 1.46. The van der Waals surface area contributed by atoms with Crippen LogP contribution in [0.15, 0.2) is 46.9 Å². The Bertz CT molecular complexity index is 596. The van der Waals surface area contributed by atoms with E-state index in [2.05, 4.69) is 35.1 Å². The number of hydrogen-bond acceptors (Lipinski definition) is 1. The van der Waals surface area contributed by atoms with Gasteiger partial charge < -0.3 is 5.32 Å². The van der Waals surface area contributed by atoms with Crippen LogP contribution in [0.4, 0.5) is 4.39 Å². The van der Waals surface area contributed by atoms with Gasteiger partial charge in [0.2, 0.25) is 0 Å². The molecule has 20 heavy (non-hydrogen) atoms. The Hall–Kier alpha value is -0.900. The highest BCUT2D eigenvalue weighted by Gasteiger charge is 2.20. The fourth-order valence-electron chi connectivity index (χ4n) is 1.97. The van der Waals surface area contributed by atoms with Crippen LogP contribution in [0.1, 0.15) is 25.0 Å². The molecule has 2 aromatic carbocycles. The second-order valence-electron chi connectivity index (χ2n) is 5.20. The molecule has 0 unspecified atom stereocenters. The summed E-state index contributed by atoms with van der Waals surface area (Å²) in [7, 11) is 0. The molecule has 1 N–H and O–H groups in total. The van der Waals surface area contributed by atoms with Gasteiger partial charge in [-0.05, 0) is 37.6 Å². The van der Waals surface area contributed by atoms with Gasteiger partial charge in [-0.1, -0.05) is 51.8 Å². The molecule has 0 fully saturated rings. The fraction of sp³-hybridized carbons (Fsp3) is 0.250. The van der Waals surface area contributed by atoms with E-state index in [1.54, 1.807) is 18.2 Å². The monoisotopic (exact) mass is 355 g/mol. The van der Waals surface area contributed by atoms with Gasteiger partial charge in [-0.3, -0.25) is 0 Å². The first-order chi connectivity index (χ1) is 9.40. The maximum Gasteiger partial charge on any atom is 0.146 e. The standard InChI is InChI=1S/C16H16BrClFN/c1-16(2,12-6-8-13(17)9-7-12)20-10-11-4-3-5-14(18)15(11)19/h3-9,20H,10H2,1-2H3. The van der Waals surface area contributed by atoms with E-state index in [1.165, 1.54) is 0 Å². The molecule has 4 heteroatoms. The van der Waals surface area contributed by atoms with Gasteiger partial charge in [0.05, 0.1) is 5.02 Å². The van der Waals surface area contributed by atoms with Crippen molar-refractivity contribution in [1.82, 2.24) is 5.32 Å². The van der Waals surface area contributed by atoms with Crippen LogP contribution in [-0.4, -0.2) is 0 Å². The lowest BCUT2D eigenvalue weighted by molar-refractivity contribution is 0.396. The SMILES string of the molecule is CC(C)(NCc1cccc(Cl)c1F)c1ccc(Br)cc1. The lowest BCUT2D eigenvalue weighted by Gasteiger charge is -2.27. The van der Waals surface area contributed by atoms with E-state index < -0.39 is 0 Å². The van der Waals surface area contributed by atoms with Crippen molar-refractivity contribution in [1.29, 1.82) is 0 Å². The average Bonchev–Trinajstić information content (AvgIpc) is 2.41. The minimum absolute atomic E-state index is 0.158. The summed E-state index contributed by atoms with van der Waals surface area (Å²) in [5, 5.41) is 3.52. The summed E-state index contributed by atoms with van der Waals surface area (Å²) in [4.78, 5) is 0. The molecule has 0 aliphatic carbocycles. The lowest BCUT2D eigenvalue weighted by atomic mass is 9.94. The van der Waals surface area contributed by atoms with Gasteiger partial charge in [0, 0.05) is 22.1 Å². The third-order valence-corrected chi connectivity index (χ3v) is 4.14. The summed E-state index contributed by atoms with van der Waals surface area (Å²) in [6.45, 7) is 4.56. The van der Waals surface area contributed by atoms with Crippen molar-refractivity contribution < 1.29 is 4.39 Å². The fourth-order valence-corrected chi connectivity index (χ4v) is 2.43. The molecule has 0 aliphatic rings. The Morgan fingerprint density at radius 3 is 2.45 bits per heavy atom. The molecule has 0 heterocycles. The summed E-state index contributed by atoms with van der Waals surface area (Å²) < 4.78 is 14.9. The first kappa shape index (κ1) is 15.5. The lowest BCUT2D eigenvalue weighted by Crippen LogP contribution is -2.36. The van der Waals surface area contributed by atoms with Gasteiger partial charge in [0.1, 0.15) is 5.82 Å². The molecule has 1 nitrogen and oxygen atoms in total. The summed E-state index contributed by atoms with van der Waals surface area (Å²) in [5.74, 6) is -0.353. The summed E-state index contributed by atoms with van der Waals surface area (Å²) >= 11 is 9.21. The van der Waals surface area contributed by atoms with E-state index in [-0.39, 0.29) is 16.4 Å². The zero-order valence-electron chi connectivity index (χ0n) is 11.4. The predicted molar refractivity (Wildman–Crippen MR) is 85.4 cm³/mol. The quantitative estimate of drug-likeness (QED) is 0.787. The highest BCUT2D eigenvalue weighted by molar-refractivity contribution is 9.10. The zero-order valence-corrected chi connectivity index (χ0v) is 13.7. The molecule has 0 spiro atoms. The topological polar surface area (TPSA) is 12.0 Å². The Kier molecular flexibility index (Phi) is 4.84. The third-order valence-electron chi connectivity index (χ3n) is 3.32. The number of hydrogen-bond donors (Lipinski definition) is 1. The van der Waals surface area contributed by atoms with Crippen molar-refractivity contribution >= 4 is 27.5 Å². The maximum atomic E-state index is 13.9. The highest BCUT2D eigenvalue weighted by atomic mass is 79.9. The molecule has 0 radical (unpaired) electrons. The van der Waals surface area contributed by atoms with Crippen LogP contribution in [0.3, 0.4) is 0 Å². The Labute approximate surface area is 132 Å². The number of rotatable bonds is 4. The Morgan fingerprint density at radius 2 is 1.80 bits per heavy atom. The molecular formula is C16H16BrClFN. The van der Waals surface area contributed by atoms with Gasteiger partial charge >= 0.3 is 0 Å². The first-order valence-electron chi connectivity index (χ1n) is 6.34. The van der Waals surface area contributed by atoms with Crippen LogP contribution < -0.4 is 5.32 Å². The van der Waals surface area contributed by atoms with Crippen molar-refractivity contribution in [2.75, 3.05) is 0 Å². The van der Waals surface area contributed by atoms with Crippen LogP contribution >= 0.6 is 27.5 Å². The molecular weight excluding hydrogens is 341 g/mol. The van der Waals surface area contributed by atoms with E-state index >= 15 is 0 Å². The Balaban J connectivity index is 2.12. The van der Waals surface area contributed by atoms with E-state index in [0.717, 1.165) is 10.0 Å². The van der Waals surface area contributed by atoms with Gasteiger partial charge in [-0.2, -0.15) is 0 Å². The van der Waals surface area contributed by atoms with Crippen molar-refractivity contribution in [2.45, 2.75) is 25.9 Å². The predicted octanol–water partition coefficient (Wildman–Crippen LogP) is 5.27. The molecule has 2 rings (SSSR count). The highest BCUT2D eigenvalue weighted by Crippen LogP contribution is 2.24. The minimum atomic E-state index is -0.353. The van der Waals surface area contributed by atoms with Crippen molar-refractivity contribution in [3.05, 3.63) is 68.9 Å². The second-order valence-corrected chi connectivity index (χ2v) is 6.52. The molecule has 2 aromatic rings.